The number of carbonyl (C=O) groups excluding carboxylic acids is 1. The molecule has 3 rings (SSSR count). The molecule has 0 aliphatic carbocycles. The van der Waals surface area contributed by atoms with E-state index in [0.717, 1.165) is 0 Å². The zero-order chi connectivity index (χ0) is 17.6. The van der Waals surface area contributed by atoms with Crippen LogP contribution >= 0.6 is 11.6 Å². The molecule has 0 saturated heterocycles. The summed E-state index contributed by atoms with van der Waals surface area (Å²) in [6, 6.07) is 15.9. The number of ether oxygens (including phenoxy) is 1. The number of hydrogen-bond acceptors (Lipinski definition) is 5. The molecule has 0 fully saturated rings. The Kier molecular flexibility index (Phi) is 5.30. The van der Waals surface area contributed by atoms with Crippen LogP contribution in [0.3, 0.4) is 0 Å². The lowest BCUT2D eigenvalue weighted by Crippen LogP contribution is -2.31. The number of halogens is 1. The van der Waals surface area contributed by atoms with E-state index < -0.39 is 6.04 Å². The van der Waals surface area contributed by atoms with Crippen LogP contribution in [0.2, 0.25) is 5.02 Å². The van der Waals surface area contributed by atoms with E-state index in [1.807, 2.05) is 30.3 Å². The molecule has 128 valence electrons. The van der Waals surface area contributed by atoms with Crippen LogP contribution in [-0.2, 0) is 4.79 Å². The first-order valence-electron chi connectivity index (χ1n) is 7.69. The molecular formula is C18H16ClN3O3. The maximum Gasteiger partial charge on any atom is 0.258 e. The number of hydrogen-bond donors (Lipinski definition) is 1. The van der Waals surface area contributed by atoms with Crippen molar-refractivity contribution in [3.63, 3.8) is 0 Å². The number of carbonyl (C=O) groups is 1. The molecule has 0 spiro atoms. The third-order valence-electron chi connectivity index (χ3n) is 3.42. The van der Waals surface area contributed by atoms with Gasteiger partial charge in [-0.25, -0.2) is 0 Å². The van der Waals surface area contributed by atoms with Crippen LogP contribution < -0.4 is 10.1 Å². The summed E-state index contributed by atoms with van der Waals surface area (Å²) < 4.78 is 10.6. The van der Waals surface area contributed by atoms with Crippen molar-refractivity contribution in [2.24, 2.45) is 0 Å². The Balaban J connectivity index is 1.59. The van der Waals surface area contributed by atoms with Crippen molar-refractivity contribution < 1.29 is 14.1 Å². The molecule has 25 heavy (non-hydrogen) atoms. The van der Waals surface area contributed by atoms with E-state index in [-0.39, 0.29) is 12.5 Å². The normalized spacial score (nSPS) is 11.8. The topological polar surface area (TPSA) is 77.2 Å². The molecule has 0 aliphatic rings. The largest absolute Gasteiger partial charge is 0.484 e. The molecule has 1 heterocycles. The van der Waals surface area contributed by atoms with Crippen molar-refractivity contribution in [1.82, 2.24) is 15.5 Å². The van der Waals surface area contributed by atoms with Gasteiger partial charge < -0.3 is 14.6 Å². The van der Waals surface area contributed by atoms with Crippen LogP contribution in [0.1, 0.15) is 18.9 Å². The predicted octanol–water partition coefficient (Wildman–Crippen LogP) is 3.65. The average Bonchev–Trinajstić information content (AvgIpc) is 3.11. The molecule has 1 atom stereocenters. The SMILES string of the molecule is C[C@H](NC(=O)COc1ccccc1)c1nc(-c2ccccc2Cl)no1. The zero-order valence-electron chi connectivity index (χ0n) is 13.5. The van der Waals surface area contributed by atoms with Crippen LogP contribution in [0.15, 0.2) is 59.1 Å². The number of nitrogens with zero attached hydrogens (tertiary/aromatic N) is 2. The lowest BCUT2D eigenvalue weighted by Gasteiger charge is -2.10. The summed E-state index contributed by atoms with van der Waals surface area (Å²) in [6.07, 6.45) is 0. The first kappa shape index (κ1) is 17.0. The summed E-state index contributed by atoms with van der Waals surface area (Å²) in [5.41, 5.74) is 0.671. The van der Waals surface area contributed by atoms with E-state index in [1.54, 1.807) is 31.2 Å². The maximum absolute atomic E-state index is 12.0. The fourth-order valence-electron chi connectivity index (χ4n) is 2.17. The molecule has 0 saturated carbocycles. The van der Waals surface area contributed by atoms with E-state index in [9.17, 15) is 4.79 Å². The number of amides is 1. The summed E-state index contributed by atoms with van der Waals surface area (Å²) in [6.45, 7) is 1.66. The van der Waals surface area contributed by atoms with Crippen molar-refractivity contribution in [2.75, 3.05) is 6.61 Å². The average molecular weight is 358 g/mol. The number of nitrogens with one attached hydrogen (secondary N) is 1. The Hall–Kier alpha value is -2.86. The Morgan fingerprint density at radius 1 is 1.20 bits per heavy atom. The maximum atomic E-state index is 12.0. The second-order valence-electron chi connectivity index (χ2n) is 5.33. The highest BCUT2D eigenvalue weighted by molar-refractivity contribution is 6.33. The molecule has 0 aliphatic heterocycles. The van der Waals surface area contributed by atoms with Crippen LogP contribution in [-0.4, -0.2) is 22.7 Å². The fraction of sp³-hybridized carbons (Fsp3) is 0.167. The van der Waals surface area contributed by atoms with Gasteiger partial charge in [-0.1, -0.05) is 47.1 Å². The minimum Gasteiger partial charge on any atom is -0.484 e. The van der Waals surface area contributed by atoms with Crippen molar-refractivity contribution in [1.29, 1.82) is 0 Å². The van der Waals surface area contributed by atoms with Crippen LogP contribution in [0.5, 0.6) is 5.75 Å². The fourth-order valence-corrected chi connectivity index (χ4v) is 2.39. The molecule has 1 amide bonds. The van der Waals surface area contributed by atoms with Crippen molar-refractivity contribution in [2.45, 2.75) is 13.0 Å². The van der Waals surface area contributed by atoms with Gasteiger partial charge in [-0.3, -0.25) is 4.79 Å². The molecule has 3 aromatic rings. The molecule has 0 bridgehead atoms. The molecule has 0 unspecified atom stereocenters. The van der Waals surface area contributed by atoms with Gasteiger partial charge >= 0.3 is 0 Å². The van der Waals surface area contributed by atoms with E-state index in [1.165, 1.54) is 0 Å². The zero-order valence-corrected chi connectivity index (χ0v) is 14.2. The second kappa shape index (κ2) is 7.81. The summed E-state index contributed by atoms with van der Waals surface area (Å²) in [7, 11) is 0. The van der Waals surface area contributed by atoms with Gasteiger partial charge in [0.1, 0.15) is 11.8 Å². The van der Waals surface area contributed by atoms with Gasteiger partial charge in [-0.05, 0) is 31.2 Å². The Labute approximate surface area is 149 Å². The van der Waals surface area contributed by atoms with E-state index in [0.29, 0.717) is 28.1 Å². The van der Waals surface area contributed by atoms with Crippen molar-refractivity contribution >= 4 is 17.5 Å². The lowest BCUT2D eigenvalue weighted by atomic mass is 10.2. The Morgan fingerprint density at radius 2 is 1.92 bits per heavy atom. The van der Waals surface area contributed by atoms with E-state index in [2.05, 4.69) is 15.5 Å². The first-order chi connectivity index (χ1) is 12.1. The van der Waals surface area contributed by atoms with Gasteiger partial charge in [0.05, 0.1) is 5.02 Å². The van der Waals surface area contributed by atoms with Gasteiger partial charge in [-0.2, -0.15) is 4.98 Å². The molecule has 7 heteroatoms. The molecule has 0 radical (unpaired) electrons. The number of rotatable bonds is 6. The highest BCUT2D eigenvalue weighted by atomic mass is 35.5. The Morgan fingerprint density at radius 3 is 2.68 bits per heavy atom. The number of benzene rings is 2. The van der Waals surface area contributed by atoms with Gasteiger partial charge in [0.2, 0.25) is 11.7 Å². The second-order valence-corrected chi connectivity index (χ2v) is 5.73. The minimum absolute atomic E-state index is 0.0974. The number of aromatic nitrogens is 2. The lowest BCUT2D eigenvalue weighted by molar-refractivity contribution is -0.123. The van der Waals surface area contributed by atoms with E-state index in [4.69, 9.17) is 20.9 Å². The first-order valence-corrected chi connectivity index (χ1v) is 8.07. The molecule has 6 nitrogen and oxygen atoms in total. The Bertz CT molecular complexity index is 852. The highest BCUT2D eigenvalue weighted by Crippen LogP contribution is 2.25. The van der Waals surface area contributed by atoms with Gasteiger partial charge in [0, 0.05) is 5.56 Å². The van der Waals surface area contributed by atoms with Crippen molar-refractivity contribution in [3.8, 4) is 17.1 Å². The molecule has 2 aromatic carbocycles. The minimum atomic E-state index is -0.449. The summed E-state index contributed by atoms with van der Waals surface area (Å²) in [4.78, 5) is 16.3. The standard InChI is InChI=1S/C18H16ClN3O3/c1-12(20-16(23)11-24-13-7-3-2-4-8-13)18-21-17(22-25-18)14-9-5-6-10-15(14)19/h2-10,12H,11H2,1H3,(H,20,23)/t12-/m0/s1. The monoisotopic (exact) mass is 357 g/mol. The molecular weight excluding hydrogens is 342 g/mol. The van der Waals surface area contributed by atoms with E-state index >= 15 is 0 Å². The summed E-state index contributed by atoms with van der Waals surface area (Å²) >= 11 is 6.12. The third kappa shape index (κ3) is 4.36. The van der Waals surface area contributed by atoms with Crippen LogP contribution in [0, 0.1) is 0 Å². The molecule has 1 N–H and O–H groups in total. The van der Waals surface area contributed by atoms with Crippen LogP contribution in [0.4, 0.5) is 0 Å². The van der Waals surface area contributed by atoms with Gasteiger partial charge in [0.25, 0.3) is 5.91 Å². The van der Waals surface area contributed by atoms with Crippen molar-refractivity contribution in [3.05, 3.63) is 65.5 Å². The summed E-state index contributed by atoms with van der Waals surface area (Å²) in [5.74, 6) is 1.02. The summed E-state index contributed by atoms with van der Waals surface area (Å²) in [5, 5.41) is 7.20. The number of para-hydroxylation sites is 1. The highest BCUT2D eigenvalue weighted by Gasteiger charge is 2.18. The molecule has 1 aromatic heterocycles. The quantitative estimate of drug-likeness (QED) is 0.728. The smallest absolute Gasteiger partial charge is 0.258 e. The van der Waals surface area contributed by atoms with Gasteiger partial charge in [0.15, 0.2) is 6.61 Å². The van der Waals surface area contributed by atoms with Gasteiger partial charge in [-0.15, -0.1) is 0 Å². The van der Waals surface area contributed by atoms with Crippen LogP contribution in [0.25, 0.3) is 11.4 Å². The predicted molar refractivity (Wildman–Crippen MR) is 93.2 cm³/mol. The third-order valence-corrected chi connectivity index (χ3v) is 3.75.